The van der Waals surface area contributed by atoms with Gasteiger partial charge >= 0.3 is 0 Å². The maximum Gasteiger partial charge on any atom is 0.260 e. The Morgan fingerprint density at radius 2 is 1.91 bits per heavy atom. The predicted molar refractivity (Wildman–Crippen MR) is 130 cm³/mol. The van der Waals surface area contributed by atoms with Gasteiger partial charge in [-0.15, -0.1) is 12.4 Å². The van der Waals surface area contributed by atoms with Crippen LogP contribution in [0.1, 0.15) is 15.9 Å². The van der Waals surface area contributed by atoms with Gasteiger partial charge in [0.2, 0.25) is 0 Å². The maximum absolute atomic E-state index is 13.4. The monoisotopic (exact) mass is 506 g/mol. The number of ether oxygens (including phenoxy) is 1. The van der Waals surface area contributed by atoms with Crippen molar-refractivity contribution in [3.8, 4) is 6.07 Å². The molecule has 4 rings (SSSR count). The van der Waals surface area contributed by atoms with Gasteiger partial charge in [0.25, 0.3) is 5.91 Å². The lowest BCUT2D eigenvalue weighted by Gasteiger charge is -2.29. The fourth-order valence-corrected chi connectivity index (χ4v) is 5.43. The van der Waals surface area contributed by atoms with E-state index in [4.69, 9.17) is 10.00 Å². The number of benzene rings is 2. The third-order valence-electron chi connectivity index (χ3n) is 5.25. The fraction of sp³-hybridized carbons (Fsp3) is 0.318. The topological polar surface area (TPSA) is 104 Å². The zero-order valence-electron chi connectivity index (χ0n) is 17.9. The van der Waals surface area contributed by atoms with Gasteiger partial charge in [0.1, 0.15) is 5.52 Å². The van der Waals surface area contributed by atoms with E-state index in [0.717, 1.165) is 19.3 Å². The molecule has 1 aliphatic rings. The van der Waals surface area contributed by atoms with E-state index in [1.165, 1.54) is 17.4 Å². The number of nitrogens with zero attached hydrogens (tertiary/aromatic N) is 4. The van der Waals surface area contributed by atoms with Crippen LogP contribution in [-0.2, 0) is 14.6 Å². The molecular formula is C22H23ClN4O4S2. The number of nitriles is 1. The molecule has 11 heteroatoms. The Balaban J connectivity index is 0.00000306. The van der Waals surface area contributed by atoms with Crippen molar-refractivity contribution in [1.82, 2.24) is 9.88 Å². The van der Waals surface area contributed by atoms with Gasteiger partial charge in [-0.25, -0.2) is 13.4 Å². The number of amides is 1. The third-order valence-corrected chi connectivity index (χ3v) is 7.42. The molecule has 0 spiro atoms. The molecule has 0 aliphatic carbocycles. The number of morpholine rings is 1. The van der Waals surface area contributed by atoms with Gasteiger partial charge in [0, 0.05) is 38.0 Å². The summed E-state index contributed by atoms with van der Waals surface area (Å²) < 4.78 is 30.5. The van der Waals surface area contributed by atoms with E-state index < -0.39 is 9.84 Å². The highest BCUT2D eigenvalue weighted by atomic mass is 35.5. The number of sulfone groups is 1. The lowest BCUT2D eigenvalue weighted by atomic mass is 10.1. The fourth-order valence-electron chi connectivity index (χ4n) is 3.52. The molecule has 0 N–H and O–H groups in total. The summed E-state index contributed by atoms with van der Waals surface area (Å²) in [5, 5.41) is 9.48. The van der Waals surface area contributed by atoms with Crippen LogP contribution >= 0.6 is 23.7 Å². The van der Waals surface area contributed by atoms with Crippen LogP contribution in [0.5, 0.6) is 0 Å². The van der Waals surface area contributed by atoms with Crippen LogP contribution in [0, 0.1) is 11.3 Å². The van der Waals surface area contributed by atoms with Crippen LogP contribution in [-0.4, -0.2) is 69.9 Å². The van der Waals surface area contributed by atoms with Crippen LogP contribution in [0.15, 0.2) is 47.4 Å². The first-order chi connectivity index (χ1) is 15.4. The van der Waals surface area contributed by atoms with Gasteiger partial charge in [-0.2, -0.15) is 5.26 Å². The normalized spacial score (nSPS) is 14.4. The first-order valence-corrected chi connectivity index (χ1v) is 12.8. The van der Waals surface area contributed by atoms with Gasteiger partial charge in [0.15, 0.2) is 15.0 Å². The highest BCUT2D eigenvalue weighted by Gasteiger charge is 2.24. The highest BCUT2D eigenvalue weighted by Crippen LogP contribution is 2.33. The maximum atomic E-state index is 13.4. The Morgan fingerprint density at radius 1 is 1.21 bits per heavy atom. The highest BCUT2D eigenvalue weighted by molar-refractivity contribution is 7.91. The molecule has 1 saturated heterocycles. The lowest BCUT2D eigenvalue weighted by molar-refractivity contribution is 0.0391. The number of fused-ring (bicyclic) bond motifs is 1. The van der Waals surface area contributed by atoms with Crippen LogP contribution in [0.2, 0.25) is 0 Å². The molecule has 0 radical (unpaired) electrons. The van der Waals surface area contributed by atoms with Gasteiger partial charge in [-0.05, 0) is 36.4 Å². The molecule has 0 atom stereocenters. The average molecular weight is 507 g/mol. The van der Waals surface area contributed by atoms with Crippen LogP contribution < -0.4 is 4.90 Å². The summed E-state index contributed by atoms with van der Waals surface area (Å²) in [4.78, 5) is 22.0. The Morgan fingerprint density at radius 3 is 2.55 bits per heavy atom. The molecule has 8 nitrogen and oxygen atoms in total. The van der Waals surface area contributed by atoms with Crippen molar-refractivity contribution >= 4 is 54.8 Å². The molecular weight excluding hydrogens is 484 g/mol. The quantitative estimate of drug-likeness (QED) is 0.506. The SMILES string of the molecule is CS(=O)(=O)c1cccc2sc(N(CCN3CCOCC3)C(=O)c3ccc(C#N)cc3)nc12.Cl. The predicted octanol–water partition coefficient (Wildman–Crippen LogP) is 2.97. The summed E-state index contributed by atoms with van der Waals surface area (Å²) in [6, 6.07) is 13.5. The van der Waals surface area contributed by atoms with E-state index in [2.05, 4.69) is 9.88 Å². The van der Waals surface area contributed by atoms with E-state index in [9.17, 15) is 13.2 Å². The van der Waals surface area contributed by atoms with Crippen molar-refractivity contribution in [2.24, 2.45) is 0 Å². The molecule has 1 aromatic heterocycles. The molecule has 0 bridgehead atoms. The molecule has 33 heavy (non-hydrogen) atoms. The second-order valence-electron chi connectivity index (χ2n) is 7.47. The minimum Gasteiger partial charge on any atom is -0.379 e. The number of halogens is 1. The molecule has 1 fully saturated rings. The number of hydrogen-bond acceptors (Lipinski definition) is 8. The summed E-state index contributed by atoms with van der Waals surface area (Å²) in [6.45, 7) is 3.92. The van der Waals surface area contributed by atoms with Crippen LogP contribution in [0.3, 0.4) is 0 Å². The number of thiazole rings is 1. The largest absolute Gasteiger partial charge is 0.379 e. The second-order valence-corrected chi connectivity index (χ2v) is 10.5. The number of para-hydroxylation sites is 1. The molecule has 174 valence electrons. The molecule has 2 heterocycles. The molecule has 1 aliphatic heterocycles. The van der Waals surface area contributed by atoms with Gasteiger partial charge in [-0.3, -0.25) is 14.6 Å². The lowest BCUT2D eigenvalue weighted by Crippen LogP contribution is -2.43. The Labute approximate surface area is 202 Å². The minimum atomic E-state index is -3.46. The number of hydrogen-bond donors (Lipinski definition) is 0. The summed E-state index contributed by atoms with van der Waals surface area (Å²) in [7, 11) is -3.46. The number of carbonyl (C=O) groups is 1. The van der Waals surface area contributed by atoms with Gasteiger partial charge in [0.05, 0.1) is 34.4 Å². The summed E-state index contributed by atoms with van der Waals surface area (Å²) in [5.41, 5.74) is 1.28. The standard InChI is InChI=1S/C22H22N4O4S2.ClH/c1-32(28,29)19-4-2-3-18-20(19)24-22(31-18)26(10-9-25-11-13-30-14-12-25)21(27)17-7-5-16(15-23)6-8-17;/h2-8H,9-14H2,1H3;1H. The zero-order valence-corrected chi connectivity index (χ0v) is 20.4. The van der Waals surface area contributed by atoms with E-state index in [1.54, 1.807) is 41.3 Å². The molecule has 1 amide bonds. The van der Waals surface area contributed by atoms with Crippen molar-refractivity contribution in [2.75, 3.05) is 50.5 Å². The number of anilines is 1. The Bertz CT molecular complexity index is 1280. The molecule has 3 aromatic rings. The van der Waals surface area contributed by atoms with Gasteiger partial charge < -0.3 is 4.74 Å². The average Bonchev–Trinajstić information content (AvgIpc) is 3.23. The number of aromatic nitrogens is 1. The number of rotatable bonds is 6. The van der Waals surface area contributed by atoms with Crippen LogP contribution in [0.4, 0.5) is 5.13 Å². The summed E-state index contributed by atoms with van der Waals surface area (Å²) in [5.74, 6) is -0.247. The van der Waals surface area contributed by atoms with Crippen molar-refractivity contribution in [3.05, 3.63) is 53.6 Å². The Kier molecular flexibility index (Phi) is 8.05. The first kappa shape index (κ1) is 25.1. The summed E-state index contributed by atoms with van der Waals surface area (Å²) in [6.07, 6.45) is 1.15. The Hall–Kier alpha value is -2.55. The second kappa shape index (κ2) is 10.6. The van der Waals surface area contributed by atoms with E-state index in [-0.39, 0.29) is 23.2 Å². The molecule has 2 aromatic carbocycles. The molecule has 0 saturated carbocycles. The van der Waals surface area contributed by atoms with E-state index in [1.807, 2.05) is 6.07 Å². The zero-order chi connectivity index (χ0) is 22.7. The van der Waals surface area contributed by atoms with Crippen LogP contribution in [0.25, 0.3) is 10.2 Å². The van der Waals surface area contributed by atoms with Gasteiger partial charge in [-0.1, -0.05) is 17.4 Å². The molecule has 0 unspecified atom stereocenters. The first-order valence-electron chi connectivity index (χ1n) is 10.1. The smallest absolute Gasteiger partial charge is 0.260 e. The van der Waals surface area contributed by atoms with Crippen molar-refractivity contribution < 1.29 is 17.9 Å². The van der Waals surface area contributed by atoms with E-state index in [0.29, 0.717) is 52.8 Å². The third kappa shape index (κ3) is 5.69. The summed E-state index contributed by atoms with van der Waals surface area (Å²) >= 11 is 1.29. The van der Waals surface area contributed by atoms with E-state index >= 15 is 0 Å². The number of carbonyl (C=O) groups excluding carboxylic acids is 1. The van der Waals surface area contributed by atoms with Crippen molar-refractivity contribution in [3.63, 3.8) is 0 Å². The van der Waals surface area contributed by atoms with Crippen molar-refractivity contribution in [2.45, 2.75) is 4.90 Å². The minimum absolute atomic E-state index is 0. The van der Waals surface area contributed by atoms with Crippen molar-refractivity contribution in [1.29, 1.82) is 5.26 Å².